The van der Waals surface area contributed by atoms with Gasteiger partial charge < -0.3 is 5.32 Å². The first-order valence-electron chi connectivity index (χ1n) is 7.09. The van der Waals surface area contributed by atoms with Gasteiger partial charge in [0.25, 0.3) is 5.91 Å². The predicted molar refractivity (Wildman–Crippen MR) is 86.6 cm³/mol. The summed E-state index contributed by atoms with van der Waals surface area (Å²) < 4.78 is 26.2. The van der Waals surface area contributed by atoms with E-state index in [0.29, 0.717) is 11.4 Å². The quantitative estimate of drug-likeness (QED) is 0.653. The van der Waals surface area contributed by atoms with Crippen LogP contribution in [0.25, 0.3) is 0 Å². The highest BCUT2D eigenvalue weighted by atomic mass is 19.1. The minimum atomic E-state index is -0.702. The number of hydrazone groups is 1. The van der Waals surface area contributed by atoms with Gasteiger partial charge >= 0.3 is 0 Å². The van der Waals surface area contributed by atoms with Crippen LogP contribution in [0.1, 0.15) is 23.7 Å². The van der Waals surface area contributed by atoms with E-state index in [9.17, 15) is 18.4 Å². The Morgan fingerprint density at radius 1 is 1.04 bits per heavy atom. The molecule has 2 N–H and O–H groups in total. The van der Waals surface area contributed by atoms with Gasteiger partial charge in [-0.3, -0.25) is 9.59 Å². The molecule has 0 radical (unpaired) electrons. The molecule has 0 saturated heterocycles. The molecule has 0 aliphatic heterocycles. The Balaban J connectivity index is 1.89. The monoisotopic (exact) mass is 331 g/mol. The lowest BCUT2D eigenvalue weighted by atomic mass is 10.2. The number of carbonyl (C=O) groups is 2. The van der Waals surface area contributed by atoms with Crippen molar-refractivity contribution in [3.05, 3.63) is 65.7 Å². The predicted octanol–water partition coefficient (Wildman–Crippen LogP) is 3.10. The van der Waals surface area contributed by atoms with Crippen LogP contribution in [0.2, 0.25) is 0 Å². The maximum absolute atomic E-state index is 13.4. The molecule has 2 aromatic rings. The van der Waals surface area contributed by atoms with Crippen LogP contribution in [0, 0.1) is 11.6 Å². The molecule has 24 heavy (non-hydrogen) atoms. The molecule has 2 aromatic carbocycles. The standard InChI is InChI=1S/C17H15F2N3O2/c1-11(10-16(23)20-13-8-6-12(18)7-9-13)21-22-17(24)14-4-2-3-5-15(14)19/h2-9H,10H2,1H3,(H,20,23)(H,22,24). The maximum Gasteiger partial charge on any atom is 0.274 e. The molecule has 124 valence electrons. The summed E-state index contributed by atoms with van der Waals surface area (Å²) in [6, 6.07) is 10.8. The first-order valence-corrected chi connectivity index (χ1v) is 7.09. The highest BCUT2D eigenvalue weighted by Crippen LogP contribution is 2.09. The Morgan fingerprint density at radius 3 is 2.38 bits per heavy atom. The van der Waals surface area contributed by atoms with Crippen molar-refractivity contribution in [2.75, 3.05) is 5.32 Å². The number of nitrogens with zero attached hydrogens (tertiary/aromatic N) is 1. The third-order valence-electron chi connectivity index (χ3n) is 3.01. The van der Waals surface area contributed by atoms with Crippen molar-refractivity contribution in [1.82, 2.24) is 5.43 Å². The van der Waals surface area contributed by atoms with E-state index in [4.69, 9.17) is 0 Å². The van der Waals surface area contributed by atoms with E-state index in [2.05, 4.69) is 15.8 Å². The van der Waals surface area contributed by atoms with Gasteiger partial charge in [-0.05, 0) is 43.3 Å². The molecule has 2 amide bonds. The second kappa shape index (κ2) is 7.96. The minimum absolute atomic E-state index is 0.0745. The summed E-state index contributed by atoms with van der Waals surface area (Å²) in [5.74, 6) is -2.13. The molecule has 0 spiro atoms. The van der Waals surface area contributed by atoms with Gasteiger partial charge in [-0.2, -0.15) is 5.10 Å². The zero-order valence-electron chi connectivity index (χ0n) is 12.8. The maximum atomic E-state index is 13.4. The lowest BCUT2D eigenvalue weighted by Crippen LogP contribution is -2.22. The number of nitrogens with one attached hydrogen (secondary N) is 2. The summed E-state index contributed by atoms with van der Waals surface area (Å²) >= 11 is 0. The first kappa shape index (κ1) is 17.3. The Kier molecular flexibility index (Phi) is 5.73. The highest BCUT2D eigenvalue weighted by Gasteiger charge is 2.10. The van der Waals surface area contributed by atoms with Crippen LogP contribution in [0.15, 0.2) is 53.6 Å². The molecular weight excluding hydrogens is 316 g/mol. The highest BCUT2D eigenvalue weighted by molar-refractivity contribution is 6.06. The molecule has 5 nitrogen and oxygen atoms in total. The number of hydrogen-bond acceptors (Lipinski definition) is 3. The molecule has 0 unspecified atom stereocenters. The minimum Gasteiger partial charge on any atom is -0.326 e. The summed E-state index contributed by atoms with van der Waals surface area (Å²) in [6.45, 7) is 1.55. The van der Waals surface area contributed by atoms with E-state index in [1.54, 1.807) is 6.92 Å². The molecule has 0 aromatic heterocycles. The van der Waals surface area contributed by atoms with Gasteiger partial charge in [0.2, 0.25) is 5.91 Å². The van der Waals surface area contributed by atoms with Gasteiger partial charge in [-0.25, -0.2) is 14.2 Å². The zero-order chi connectivity index (χ0) is 17.5. The van der Waals surface area contributed by atoms with E-state index >= 15 is 0 Å². The summed E-state index contributed by atoms with van der Waals surface area (Å²) in [6.07, 6.45) is -0.0745. The fraction of sp³-hybridized carbons (Fsp3) is 0.118. The van der Waals surface area contributed by atoms with Gasteiger partial charge in [-0.1, -0.05) is 12.1 Å². The van der Waals surface area contributed by atoms with Crippen molar-refractivity contribution >= 4 is 23.2 Å². The largest absolute Gasteiger partial charge is 0.326 e. The fourth-order valence-corrected chi connectivity index (χ4v) is 1.86. The summed E-state index contributed by atoms with van der Waals surface area (Å²) in [5.41, 5.74) is 2.84. The zero-order valence-corrected chi connectivity index (χ0v) is 12.8. The van der Waals surface area contributed by atoms with Crippen molar-refractivity contribution in [1.29, 1.82) is 0 Å². The Morgan fingerprint density at radius 2 is 1.71 bits per heavy atom. The van der Waals surface area contributed by atoms with Crippen LogP contribution >= 0.6 is 0 Å². The number of carbonyl (C=O) groups excluding carboxylic acids is 2. The SMILES string of the molecule is CC(CC(=O)Nc1ccc(F)cc1)=NNC(=O)c1ccccc1F. The van der Waals surface area contributed by atoms with Gasteiger partial charge in [-0.15, -0.1) is 0 Å². The Labute approximate surface area is 137 Å². The molecule has 0 atom stereocenters. The number of hydrogen-bond donors (Lipinski definition) is 2. The van der Waals surface area contributed by atoms with Crippen LogP contribution in [-0.4, -0.2) is 17.5 Å². The first-order chi connectivity index (χ1) is 11.5. The van der Waals surface area contributed by atoms with Crippen LogP contribution in [0.5, 0.6) is 0 Å². The molecule has 0 aliphatic carbocycles. The molecule has 2 rings (SSSR count). The van der Waals surface area contributed by atoms with Crippen LogP contribution < -0.4 is 10.7 Å². The Hall–Kier alpha value is -3.09. The van der Waals surface area contributed by atoms with Gasteiger partial charge in [0.1, 0.15) is 11.6 Å². The van der Waals surface area contributed by atoms with Crippen LogP contribution in [0.3, 0.4) is 0 Å². The normalized spacial score (nSPS) is 11.0. The smallest absolute Gasteiger partial charge is 0.274 e. The number of benzene rings is 2. The van der Waals surface area contributed by atoms with Crippen molar-refractivity contribution in [2.24, 2.45) is 5.10 Å². The molecule has 0 aliphatic rings. The Bertz CT molecular complexity index is 774. The molecule has 0 fully saturated rings. The van der Waals surface area contributed by atoms with E-state index in [1.165, 1.54) is 48.5 Å². The van der Waals surface area contributed by atoms with E-state index < -0.39 is 17.5 Å². The topological polar surface area (TPSA) is 70.6 Å². The third-order valence-corrected chi connectivity index (χ3v) is 3.01. The summed E-state index contributed by atoms with van der Waals surface area (Å²) in [7, 11) is 0. The second-order valence-corrected chi connectivity index (χ2v) is 5.00. The molecular formula is C17H15F2N3O2. The van der Waals surface area contributed by atoms with Gasteiger partial charge in [0, 0.05) is 11.4 Å². The lowest BCUT2D eigenvalue weighted by Gasteiger charge is -2.06. The number of anilines is 1. The molecule has 0 saturated carbocycles. The van der Waals surface area contributed by atoms with E-state index in [-0.39, 0.29) is 17.9 Å². The lowest BCUT2D eigenvalue weighted by molar-refractivity contribution is -0.115. The van der Waals surface area contributed by atoms with Crippen LogP contribution in [0.4, 0.5) is 14.5 Å². The third kappa shape index (κ3) is 4.98. The average Bonchev–Trinajstić information content (AvgIpc) is 2.55. The molecule has 0 bridgehead atoms. The number of halogens is 2. The molecule has 0 heterocycles. The van der Waals surface area contributed by atoms with Crippen molar-refractivity contribution < 1.29 is 18.4 Å². The van der Waals surface area contributed by atoms with Gasteiger partial charge in [0.05, 0.1) is 12.0 Å². The van der Waals surface area contributed by atoms with E-state index in [1.807, 2.05) is 0 Å². The van der Waals surface area contributed by atoms with Crippen molar-refractivity contribution in [3.8, 4) is 0 Å². The summed E-state index contributed by atoms with van der Waals surface area (Å²) in [4.78, 5) is 23.6. The van der Waals surface area contributed by atoms with Crippen molar-refractivity contribution in [2.45, 2.75) is 13.3 Å². The van der Waals surface area contributed by atoms with E-state index in [0.717, 1.165) is 0 Å². The molecule has 7 heteroatoms. The van der Waals surface area contributed by atoms with Crippen molar-refractivity contribution in [3.63, 3.8) is 0 Å². The van der Waals surface area contributed by atoms with Crippen LogP contribution in [-0.2, 0) is 4.79 Å². The number of amides is 2. The summed E-state index contributed by atoms with van der Waals surface area (Å²) in [5, 5.41) is 6.34. The second-order valence-electron chi connectivity index (χ2n) is 5.00. The van der Waals surface area contributed by atoms with Gasteiger partial charge in [0.15, 0.2) is 0 Å². The average molecular weight is 331 g/mol. The number of rotatable bonds is 5. The fourth-order valence-electron chi connectivity index (χ4n) is 1.86.